The van der Waals surface area contributed by atoms with Gasteiger partial charge < -0.3 is 4.74 Å². The van der Waals surface area contributed by atoms with Gasteiger partial charge in [0.15, 0.2) is 0 Å². The highest BCUT2D eigenvalue weighted by atomic mass is 35.5. The number of methoxy groups -OCH3 is 1. The van der Waals surface area contributed by atoms with Crippen molar-refractivity contribution in [3.63, 3.8) is 0 Å². The van der Waals surface area contributed by atoms with Crippen LogP contribution >= 0.6 is 11.6 Å². The van der Waals surface area contributed by atoms with Gasteiger partial charge in [0.05, 0.1) is 12.5 Å². The molecule has 2 heteroatoms. The highest BCUT2D eigenvalue weighted by Gasteiger charge is 2.10. The monoisotopic (exact) mass is 302 g/mol. The number of ether oxygens (including phenoxy) is 1. The van der Waals surface area contributed by atoms with E-state index >= 15 is 0 Å². The van der Waals surface area contributed by atoms with Gasteiger partial charge in [0.25, 0.3) is 0 Å². The molecule has 2 aromatic carbocycles. The van der Waals surface area contributed by atoms with Crippen molar-refractivity contribution in [2.45, 2.75) is 38.0 Å². The predicted molar refractivity (Wildman–Crippen MR) is 90.4 cm³/mol. The third-order valence-corrected chi connectivity index (χ3v) is 4.43. The zero-order valence-electron chi connectivity index (χ0n) is 13.0. The molecule has 0 aromatic heterocycles. The molecule has 0 saturated carbocycles. The fraction of sp³-hybridized carbons (Fsp3) is 0.368. The largest absolute Gasteiger partial charge is 0.497 e. The van der Waals surface area contributed by atoms with Crippen molar-refractivity contribution in [1.82, 2.24) is 0 Å². The molecule has 2 aromatic rings. The van der Waals surface area contributed by atoms with Crippen LogP contribution in [0.5, 0.6) is 5.75 Å². The number of halogens is 1. The molecular formula is C19H23ClO. The second-order valence-corrected chi connectivity index (χ2v) is 6.03. The Bertz CT molecular complexity index is 562. The number of benzene rings is 2. The lowest BCUT2D eigenvalue weighted by Crippen LogP contribution is -1.98. The topological polar surface area (TPSA) is 9.23 Å². The molecular weight excluding hydrogens is 280 g/mol. The fourth-order valence-corrected chi connectivity index (χ4v) is 2.72. The summed E-state index contributed by atoms with van der Waals surface area (Å²) in [6.07, 6.45) is 1.97. The summed E-state index contributed by atoms with van der Waals surface area (Å²) < 4.78 is 5.25. The Hall–Kier alpha value is -1.47. The molecule has 0 heterocycles. The minimum absolute atomic E-state index is 0.0110. The van der Waals surface area contributed by atoms with Crippen molar-refractivity contribution in [3.05, 3.63) is 65.2 Å². The summed E-state index contributed by atoms with van der Waals surface area (Å²) in [5.74, 6) is 1.48. The molecule has 0 N–H and O–H groups in total. The third-order valence-electron chi connectivity index (χ3n) is 4.03. The Morgan fingerprint density at radius 2 is 1.71 bits per heavy atom. The Labute approximate surface area is 132 Å². The van der Waals surface area contributed by atoms with E-state index in [1.165, 1.54) is 16.7 Å². The average molecular weight is 303 g/mol. The molecule has 2 unspecified atom stereocenters. The van der Waals surface area contributed by atoms with Crippen molar-refractivity contribution in [1.29, 1.82) is 0 Å². The van der Waals surface area contributed by atoms with Crippen LogP contribution in [0.3, 0.4) is 0 Å². The van der Waals surface area contributed by atoms with Gasteiger partial charge in [0, 0.05) is 0 Å². The summed E-state index contributed by atoms with van der Waals surface area (Å²) in [4.78, 5) is 0. The first kappa shape index (κ1) is 15.9. The molecule has 0 aliphatic heterocycles. The van der Waals surface area contributed by atoms with E-state index in [1.54, 1.807) is 7.11 Å². The summed E-state index contributed by atoms with van der Waals surface area (Å²) in [5.41, 5.74) is 3.75. The van der Waals surface area contributed by atoms with Gasteiger partial charge in [-0.2, -0.15) is 0 Å². The van der Waals surface area contributed by atoms with Crippen LogP contribution in [-0.4, -0.2) is 7.11 Å². The summed E-state index contributed by atoms with van der Waals surface area (Å²) >= 11 is 6.56. The van der Waals surface area contributed by atoms with Crippen LogP contribution < -0.4 is 4.74 Å². The van der Waals surface area contributed by atoms with Gasteiger partial charge in [0.1, 0.15) is 5.75 Å². The molecule has 0 spiro atoms. The summed E-state index contributed by atoms with van der Waals surface area (Å²) in [7, 11) is 1.69. The lowest BCUT2D eigenvalue weighted by atomic mass is 9.96. The van der Waals surface area contributed by atoms with E-state index in [0.29, 0.717) is 5.92 Å². The molecule has 0 fully saturated rings. The second kappa shape index (κ2) is 7.51. The van der Waals surface area contributed by atoms with Gasteiger partial charge in [-0.3, -0.25) is 0 Å². The maximum absolute atomic E-state index is 6.56. The minimum Gasteiger partial charge on any atom is -0.497 e. The number of hydrogen-bond donors (Lipinski definition) is 0. The van der Waals surface area contributed by atoms with E-state index in [9.17, 15) is 0 Å². The molecule has 0 amide bonds. The lowest BCUT2D eigenvalue weighted by molar-refractivity contribution is 0.414. The van der Waals surface area contributed by atoms with Crippen LogP contribution in [0.4, 0.5) is 0 Å². The van der Waals surface area contributed by atoms with E-state index in [2.05, 4.69) is 44.2 Å². The van der Waals surface area contributed by atoms with Crippen LogP contribution in [0.2, 0.25) is 0 Å². The Kier molecular flexibility index (Phi) is 5.69. The Morgan fingerprint density at radius 3 is 2.33 bits per heavy atom. The van der Waals surface area contributed by atoms with Crippen molar-refractivity contribution >= 4 is 11.6 Å². The van der Waals surface area contributed by atoms with Crippen molar-refractivity contribution in [2.75, 3.05) is 7.11 Å². The highest BCUT2D eigenvalue weighted by molar-refractivity contribution is 6.20. The van der Waals surface area contributed by atoms with Gasteiger partial charge >= 0.3 is 0 Å². The maximum atomic E-state index is 6.56. The first-order valence-electron chi connectivity index (χ1n) is 7.51. The molecule has 0 aliphatic rings. The molecule has 2 atom stereocenters. The quantitative estimate of drug-likeness (QED) is 0.619. The van der Waals surface area contributed by atoms with Gasteiger partial charge in [0.2, 0.25) is 0 Å². The zero-order chi connectivity index (χ0) is 15.2. The average Bonchev–Trinajstić information content (AvgIpc) is 2.54. The number of alkyl halides is 1. The van der Waals surface area contributed by atoms with Crippen LogP contribution in [-0.2, 0) is 6.42 Å². The van der Waals surface area contributed by atoms with E-state index in [4.69, 9.17) is 16.3 Å². The summed E-state index contributed by atoms with van der Waals surface area (Å²) in [6.45, 7) is 4.47. The van der Waals surface area contributed by atoms with Gasteiger partial charge in [-0.15, -0.1) is 11.6 Å². The highest BCUT2D eigenvalue weighted by Crippen LogP contribution is 2.28. The Balaban J connectivity index is 2.07. The van der Waals surface area contributed by atoms with Crippen LogP contribution in [0.25, 0.3) is 0 Å². The number of hydrogen-bond acceptors (Lipinski definition) is 1. The van der Waals surface area contributed by atoms with Crippen molar-refractivity contribution in [2.24, 2.45) is 0 Å². The van der Waals surface area contributed by atoms with Gasteiger partial charge in [-0.25, -0.2) is 0 Å². The zero-order valence-corrected chi connectivity index (χ0v) is 13.7. The molecule has 2 rings (SSSR count). The van der Waals surface area contributed by atoms with Gasteiger partial charge in [-0.05, 0) is 47.6 Å². The van der Waals surface area contributed by atoms with E-state index in [1.807, 2.05) is 18.2 Å². The standard InChI is InChI=1S/C19H23ClO/c1-4-14(2)16-8-10-17(11-9-16)19(20)13-15-6-5-7-18(12-15)21-3/h5-12,14,19H,4,13H2,1-3H3. The van der Waals surface area contributed by atoms with E-state index < -0.39 is 0 Å². The predicted octanol–water partition coefficient (Wildman–Crippen LogP) is 5.73. The molecule has 0 bridgehead atoms. The van der Waals surface area contributed by atoms with Crippen molar-refractivity contribution < 1.29 is 4.74 Å². The Morgan fingerprint density at radius 1 is 1.05 bits per heavy atom. The minimum atomic E-state index is -0.0110. The first-order chi connectivity index (χ1) is 10.1. The molecule has 21 heavy (non-hydrogen) atoms. The SMILES string of the molecule is CCC(C)c1ccc(C(Cl)Cc2cccc(OC)c2)cc1. The normalized spacial score (nSPS) is 13.7. The summed E-state index contributed by atoms with van der Waals surface area (Å²) in [6, 6.07) is 16.8. The van der Waals surface area contributed by atoms with Crippen LogP contribution in [0.15, 0.2) is 48.5 Å². The first-order valence-corrected chi connectivity index (χ1v) is 7.94. The maximum Gasteiger partial charge on any atom is 0.119 e. The van der Waals surface area contributed by atoms with E-state index in [0.717, 1.165) is 18.6 Å². The molecule has 112 valence electrons. The molecule has 1 nitrogen and oxygen atoms in total. The lowest BCUT2D eigenvalue weighted by Gasteiger charge is -2.13. The number of rotatable bonds is 6. The fourth-order valence-electron chi connectivity index (χ4n) is 2.39. The van der Waals surface area contributed by atoms with Gasteiger partial charge in [-0.1, -0.05) is 50.2 Å². The van der Waals surface area contributed by atoms with Crippen LogP contribution in [0, 0.1) is 0 Å². The van der Waals surface area contributed by atoms with Crippen molar-refractivity contribution in [3.8, 4) is 5.75 Å². The smallest absolute Gasteiger partial charge is 0.119 e. The van der Waals surface area contributed by atoms with Crippen LogP contribution in [0.1, 0.15) is 48.3 Å². The third kappa shape index (κ3) is 4.25. The molecule has 0 aliphatic carbocycles. The van der Waals surface area contributed by atoms with E-state index in [-0.39, 0.29) is 5.38 Å². The summed E-state index contributed by atoms with van der Waals surface area (Å²) in [5, 5.41) is -0.0110. The molecule has 0 radical (unpaired) electrons. The molecule has 0 saturated heterocycles. The second-order valence-electron chi connectivity index (χ2n) is 5.50.